The van der Waals surface area contributed by atoms with E-state index in [0.29, 0.717) is 24.3 Å². The number of nitrogens with zero attached hydrogens (tertiary/aromatic N) is 2. The molecule has 166 valence electrons. The fraction of sp³-hybridized carbons (Fsp3) is 0.391. The standard InChI is InChI=1S/C23H29N3O4S/c1-17-8-10-20(11-9-17)31(29,30)26-14-12-25(13-15-26)21(27)18-6-5-7-19(16-18)24-22(28)23(2,3)4/h5-11,16H,12-15H2,1-4H3,(H,24,28). The summed E-state index contributed by atoms with van der Waals surface area (Å²) in [6.07, 6.45) is 0. The maximum Gasteiger partial charge on any atom is 0.254 e. The van der Waals surface area contributed by atoms with E-state index in [9.17, 15) is 18.0 Å². The van der Waals surface area contributed by atoms with Crippen LogP contribution in [-0.2, 0) is 14.8 Å². The average molecular weight is 444 g/mol. The van der Waals surface area contributed by atoms with Crippen LogP contribution >= 0.6 is 0 Å². The van der Waals surface area contributed by atoms with Gasteiger partial charge in [0.05, 0.1) is 4.90 Å². The normalized spacial score (nSPS) is 15.5. The first kappa shape index (κ1) is 23.0. The summed E-state index contributed by atoms with van der Waals surface area (Å²) in [6.45, 7) is 8.46. The van der Waals surface area contributed by atoms with E-state index < -0.39 is 15.4 Å². The molecule has 7 nitrogen and oxygen atoms in total. The molecule has 1 N–H and O–H groups in total. The van der Waals surface area contributed by atoms with Crippen LogP contribution < -0.4 is 5.32 Å². The van der Waals surface area contributed by atoms with E-state index in [1.807, 2.05) is 27.7 Å². The van der Waals surface area contributed by atoms with Crippen molar-refractivity contribution in [3.8, 4) is 0 Å². The molecule has 0 bridgehead atoms. The molecule has 0 unspecified atom stereocenters. The molecule has 1 fully saturated rings. The fourth-order valence-corrected chi connectivity index (χ4v) is 4.64. The summed E-state index contributed by atoms with van der Waals surface area (Å²) in [5.74, 6) is -0.314. The van der Waals surface area contributed by atoms with Gasteiger partial charge in [0, 0.05) is 42.8 Å². The van der Waals surface area contributed by atoms with Gasteiger partial charge in [-0.1, -0.05) is 44.5 Å². The molecular weight excluding hydrogens is 414 g/mol. The van der Waals surface area contributed by atoms with Crippen molar-refractivity contribution in [2.45, 2.75) is 32.6 Å². The number of hydrogen-bond donors (Lipinski definition) is 1. The SMILES string of the molecule is Cc1ccc(S(=O)(=O)N2CCN(C(=O)c3cccc(NC(=O)C(C)(C)C)c3)CC2)cc1. The molecule has 0 radical (unpaired) electrons. The molecule has 1 saturated heterocycles. The van der Waals surface area contributed by atoms with Gasteiger partial charge in [-0.15, -0.1) is 0 Å². The van der Waals surface area contributed by atoms with Crippen molar-refractivity contribution in [3.63, 3.8) is 0 Å². The molecule has 2 aromatic rings. The van der Waals surface area contributed by atoms with Crippen molar-refractivity contribution in [3.05, 3.63) is 59.7 Å². The number of aryl methyl sites for hydroxylation is 1. The molecular formula is C23H29N3O4S. The van der Waals surface area contributed by atoms with Gasteiger partial charge < -0.3 is 10.2 Å². The number of sulfonamides is 1. The number of amides is 2. The Morgan fingerprint density at radius 3 is 2.13 bits per heavy atom. The molecule has 2 amide bonds. The molecule has 3 rings (SSSR count). The second-order valence-corrected chi connectivity index (χ2v) is 10.7. The minimum atomic E-state index is -3.58. The van der Waals surface area contributed by atoms with Gasteiger partial charge in [-0.05, 0) is 37.3 Å². The third-order valence-electron chi connectivity index (χ3n) is 5.23. The molecule has 0 aromatic heterocycles. The van der Waals surface area contributed by atoms with Gasteiger partial charge in [0.25, 0.3) is 5.91 Å². The molecule has 1 aliphatic rings. The minimum absolute atomic E-state index is 0.132. The number of carbonyl (C=O) groups excluding carboxylic acids is 2. The first-order valence-corrected chi connectivity index (χ1v) is 11.7. The van der Waals surface area contributed by atoms with Crippen LogP contribution in [-0.4, -0.2) is 55.6 Å². The molecule has 31 heavy (non-hydrogen) atoms. The van der Waals surface area contributed by atoms with Crippen LogP contribution in [0.4, 0.5) is 5.69 Å². The van der Waals surface area contributed by atoms with Gasteiger partial charge in [-0.3, -0.25) is 9.59 Å². The van der Waals surface area contributed by atoms with Crippen molar-refractivity contribution in [2.24, 2.45) is 5.41 Å². The molecule has 1 heterocycles. The van der Waals surface area contributed by atoms with E-state index in [-0.39, 0.29) is 29.8 Å². The number of carbonyl (C=O) groups is 2. The summed E-state index contributed by atoms with van der Waals surface area (Å²) >= 11 is 0. The van der Waals surface area contributed by atoms with Crippen LogP contribution in [0.15, 0.2) is 53.4 Å². The minimum Gasteiger partial charge on any atom is -0.336 e. The topological polar surface area (TPSA) is 86.8 Å². The highest BCUT2D eigenvalue weighted by atomic mass is 32.2. The number of anilines is 1. The number of hydrogen-bond acceptors (Lipinski definition) is 4. The third-order valence-corrected chi connectivity index (χ3v) is 7.15. The summed E-state index contributed by atoms with van der Waals surface area (Å²) in [6, 6.07) is 13.6. The summed E-state index contributed by atoms with van der Waals surface area (Å²) < 4.78 is 27.1. The molecule has 2 aromatic carbocycles. The van der Waals surface area contributed by atoms with E-state index in [1.165, 1.54) is 4.31 Å². The van der Waals surface area contributed by atoms with Crippen LogP contribution in [0.2, 0.25) is 0 Å². The third kappa shape index (κ3) is 5.32. The number of rotatable bonds is 4. The Bertz CT molecular complexity index is 1060. The van der Waals surface area contributed by atoms with E-state index in [1.54, 1.807) is 53.4 Å². The maximum atomic E-state index is 12.9. The number of nitrogens with one attached hydrogen (secondary N) is 1. The first-order chi connectivity index (χ1) is 14.5. The van der Waals surface area contributed by atoms with Gasteiger partial charge in [0.2, 0.25) is 15.9 Å². The zero-order valence-corrected chi connectivity index (χ0v) is 19.2. The zero-order valence-electron chi connectivity index (χ0n) is 18.4. The van der Waals surface area contributed by atoms with Crippen LogP contribution in [0.5, 0.6) is 0 Å². The first-order valence-electron chi connectivity index (χ1n) is 10.3. The Kier molecular flexibility index (Phi) is 6.52. The van der Waals surface area contributed by atoms with Crippen molar-refractivity contribution in [1.82, 2.24) is 9.21 Å². The highest BCUT2D eigenvalue weighted by molar-refractivity contribution is 7.89. The summed E-state index contributed by atoms with van der Waals surface area (Å²) in [4.78, 5) is 27.1. The monoisotopic (exact) mass is 443 g/mol. The predicted molar refractivity (Wildman–Crippen MR) is 120 cm³/mol. The molecule has 0 aliphatic carbocycles. The van der Waals surface area contributed by atoms with Crippen molar-refractivity contribution < 1.29 is 18.0 Å². The summed E-state index contributed by atoms with van der Waals surface area (Å²) in [7, 11) is -3.58. The van der Waals surface area contributed by atoms with Crippen molar-refractivity contribution in [1.29, 1.82) is 0 Å². The Balaban J connectivity index is 1.66. The van der Waals surface area contributed by atoms with Crippen molar-refractivity contribution >= 4 is 27.5 Å². The van der Waals surface area contributed by atoms with Gasteiger partial charge >= 0.3 is 0 Å². The second kappa shape index (κ2) is 8.80. The Hall–Kier alpha value is -2.71. The smallest absolute Gasteiger partial charge is 0.254 e. The molecule has 1 aliphatic heterocycles. The number of benzene rings is 2. The van der Waals surface area contributed by atoms with Gasteiger partial charge in [0.1, 0.15) is 0 Å². The van der Waals surface area contributed by atoms with Crippen molar-refractivity contribution in [2.75, 3.05) is 31.5 Å². The maximum absolute atomic E-state index is 12.9. The van der Waals surface area contributed by atoms with Crippen LogP contribution in [0.3, 0.4) is 0 Å². The van der Waals surface area contributed by atoms with Crippen LogP contribution in [0.1, 0.15) is 36.7 Å². The highest BCUT2D eigenvalue weighted by Gasteiger charge is 2.30. The Labute approximate surface area is 184 Å². The zero-order chi connectivity index (χ0) is 22.8. The van der Waals surface area contributed by atoms with Gasteiger partial charge in [-0.25, -0.2) is 8.42 Å². The van der Waals surface area contributed by atoms with Crippen LogP contribution in [0.25, 0.3) is 0 Å². The van der Waals surface area contributed by atoms with E-state index in [2.05, 4.69) is 5.32 Å². The average Bonchev–Trinajstić information content (AvgIpc) is 2.73. The number of piperazine rings is 1. The van der Waals surface area contributed by atoms with E-state index in [0.717, 1.165) is 5.56 Å². The van der Waals surface area contributed by atoms with E-state index >= 15 is 0 Å². The lowest BCUT2D eigenvalue weighted by atomic mass is 9.95. The lowest BCUT2D eigenvalue weighted by Crippen LogP contribution is -2.50. The summed E-state index contributed by atoms with van der Waals surface area (Å²) in [5, 5.41) is 2.83. The summed E-state index contributed by atoms with van der Waals surface area (Å²) in [5.41, 5.74) is 1.47. The quantitative estimate of drug-likeness (QED) is 0.787. The Morgan fingerprint density at radius 1 is 0.935 bits per heavy atom. The lowest BCUT2D eigenvalue weighted by molar-refractivity contribution is -0.123. The largest absolute Gasteiger partial charge is 0.336 e. The fourth-order valence-electron chi connectivity index (χ4n) is 3.22. The highest BCUT2D eigenvalue weighted by Crippen LogP contribution is 2.21. The predicted octanol–water partition coefficient (Wildman–Crippen LogP) is 3.13. The molecule has 0 spiro atoms. The molecule has 0 atom stereocenters. The second-order valence-electron chi connectivity index (χ2n) is 8.79. The molecule has 0 saturated carbocycles. The lowest BCUT2D eigenvalue weighted by Gasteiger charge is -2.34. The van der Waals surface area contributed by atoms with Crippen LogP contribution in [0, 0.1) is 12.3 Å². The Morgan fingerprint density at radius 2 is 1.55 bits per heavy atom. The van der Waals surface area contributed by atoms with Gasteiger partial charge in [-0.2, -0.15) is 4.31 Å². The molecule has 8 heteroatoms. The van der Waals surface area contributed by atoms with E-state index in [4.69, 9.17) is 0 Å². The van der Waals surface area contributed by atoms with Gasteiger partial charge in [0.15, 0.2) is 0 Å².